The molecule has 1 heterocycles. The standard InChI is InChI=1S/C10H22N2O3S/c1-9(13)7-12(2)16(14,15)8-10-4-3-5-11-6-10/h9-11,13H,3-8H2,1-2H3. The van der Waals surface area contributed by atoms with Crippen LogP contribution < -0.4 is 5.32 Å². The lowest BCUT2D eigenvalue weighted by molar-refractivity contribution is 0.171. The average molecular weight is 250 g/mol. The molecule has 16 heavy (non-hydrogen) atoms. The van der Waals surface area contributed by atoms with Gasteiger partial charge in [-0.3, -0.25) is 0 Å². The molecule has 1 aliphatic rings. The maximum absolute atomic E-state index is 11.9. The molecule has 2 atom stereocenters. The lowest BCUT2D eigenvalue weighted by atomic mass is 10.0. The van der Waals surface area contributed by atoms with E-state index >= 15 is 0 Å². The minimum Gasteiger partial charge on any atom is -0.392 e. The molecule has 0 aromatic carbocycles. The number of likely N-dealkylation sites (N-methyl/N-ethyl adjacent to an activating group) is 1. The van der Waals surface area contributed by atoms with Crippen LogP contribution >= 0.6 is 0 Å². The SMILES string of the molecule is CC(O)CN(C)S(=O)(=O)CC1CCCNC1. The summed E-state index contributed by atoms with van der Waals surface area (Å²) in [6.07, 6.45) is 1.39. The first-order valence-corrected chi connectivity index (χ1v) is 7.35. The average Bonchev–Trinajstić information content (AvgIpc) is 2.17. The Bertz CT molecular complexity index is 297. The lowest BCUT2D eigenvalue weighted by Gasteiger charge is -2.25. The van der Waals surface area contributed by atoms with Crippen molar-refractivity contribution < 1.29 is 13.5 Å². The highest BCUT2D eigenvalue weighted by molar-refractivity contribution is 7.89. The second-order valence-electron chi connectivity index (χ2n) is 4.62. The molecule has 1 saturated heterocycles. The molecule has 1 fully saturated rings. The maximum Gasteiger partial charge on any atom is 0.214 e. The predicted octanol–water partition coefficient (Wildman–Crippen LogP) is -0.372. The summed E-state index contributed by atoms with van der Waals surface area (Å²) in [5, 5.41) is 12.4. The van der Waals surface area contributed by atoms with Crippen molar-refractivity contribution in [2.24, 2.45) is 5.92 Å². The van der Waals surface area contributed by atoms with E-state index in [9.17, 15) is 13.5 Å². The minimum absolute atomic E-state index is 0.169. The Labute approximate surface area is 97.9 Å². The zero-order valence-corrected chi connectivity index (χ0v) is 10.8. The normalized spacial score (nSPS) is 24.6. The molecule has 2 unspecified atom stereocenters. The van der Waals surface area contributed by atoms with Gasteiger partial charge in [-0.25, -0.2) is 12.7 Å². The zero-order valence-electron chi connectivity index (χ0n) is 10.0. The second-order valence-corrected chi connectivity index (χ2v) is 6.74. The number of rotatable bonds is 5. The van der Waals surface area contributed by atoms with Crippen LogP contribution in [0.2, 0.25) is 0 Å². The number of hydrogen-bond donors (Lipinski definition) is 2. The number of nitrogens with zero attached hydrogens (tertiary/aromatic N) is 1. The summed E-state index contributed by atoms with van der Waals surface area (Å²) >= 11 is 0. The summed E-state index contributed by atoms with van der Waals surface area (Å²) in [6.45, 7) is 3.53. The minimum atomic E-state index is -3.22. The first-order chi connectivity index (χ1) is 7.42. The van der Waals surface area contributed by atoms with Crippen LogP contribution in [0.15, 0.2) is 0 Å². The quantitative estimate of drug-likeness (QED) is 0.698. The smallest absolute Gasteiger partial charge is 0.214 e. The third kappa shape index (κ3) is 4.37. The van der Waals surface area contributed by atoms with Gasteiger partial charge in [0.15, 0.2) is 0 Å². The van der Waals surface area contributed by atoms with Crippen LogP contribution in [0.4, 0.5) is 0 Å². The molecule has 5 nitrogen and oxygen atoms in total. The highest BCUT2D eigenvalue weighted by Crippen LogP contribution is 2.14. The van der Waals surface area contributed by atoms with E-state index in [0.29, 0.717) is 0 Å². The van der Waals surface area contributed by atoms with Crippen molar-refractivity contribution in [1.29, 1.82) is 0 Å². The fraction of sp³-hybridized carbons (Fsp3) is 1.00. The second kappa shape index (κ2) is 5.95. The summed E-state index contributed by atoms with van der Waals surface area (Å²) in [5.41, 5.74) is 0. The largest absolute Gasteiger partial charge is 0.392 e. The monoisotopic (exact) mass is 250 g/mol. The van der Waals surface area contributed by atoms with Crippen LogP contribution in [0.5, 0.6) is 0 Å². The predicted molar refractivity (Wildman–Crippen MR) is 63.7 cm³/mol. The van der Waals surface area contributed by atoms with Gasteiger partial charge in [0, 0.05) is 13.6 Å². The highest BCUT2D eigenvalue weighted by Gasteiger charge is 2.25. The molecule has 1 rings (SSSR count). The first kappa shape index (κ1) is 13.9. The molecular weight excluding hydrogens is 228 g/mol. The Hall–Kier alpha value is -0.170. The van der Waals surface area contributed by atoms with Crippen molar-refractivity contribution in [3.63, 3.8) is 0 Å². The number of aliphatic hydroxyl groups is 1. The van der Waals surface area contributed by atoms with Crippen LogP contribution in [0.25, 0.3) is 0 Å². The molecule has 0 aromatic heterocycles. The van der Waals surface area contributed by atoms with Gasteiger partial charge in [0.25, 0.3) is 0 Å². The third-order valence-corrected chi connectivity index (χ3v) is 4.83. The molecule has 0 saturated carbocycles. The van der Waals surface area contributed by atoms with Crippen LogP contribution in [0.1, 0.15) is 19.8 Å². The molecule has 0 aromatic rings. The fourth-order valence-corrected chi connectivity index (χ4v) is 3.55. The lowest BCUT2D eigenvalue weighted by Crippen LogP contribution is -2.40. The maximum atomic E-state index is 11.9. The molecule has 0 spiro atoms. The van der Waals surface area contributed by atoms with E-state index in [0.717, 1.165) is 25.9 Å². The van der Waals surface area contributed by atoms with Crippen molar-refractivity contribution in [1.82, 2.24) is 9.62 Å². The van der Waals surface area contributed by atoms with Gasteiger partial charge >= 0.3 is 0 Å². The van der Waals surface area contributed by atoms with Crippen molar-refractivity contribution >= 4 is 10.0 Å². The van der Waals surface area contributed by atoms with Crippen molar-refractivity contribution in [2.45, 2.75) is 25.9 Å². The summed E-state index contributed by atoms with van der Waals surface area (Å²) < 4.78 is 25.1. The summed E-state index contributed by atoms with van der Waals surface area (Å²) in [6, 6.07) is 0. The van der Waals surface area contributed by atoms with E-state index in [-0.39, 0.29) is 18.2 Å². The van der Waals surface area contributed by atoms with Gasteiger partial charge in [0.1, 0.15) is 0 Å². The van der Waals surface area contributed by atoms with Gasteiger partial charge in [-0.2, -0.15) is 0 Å². The number of sulfonamides is 1. The van der Waals surface area contributed by atoms with Crippen molar-refractivity contribution in [2.75, 3.05) is 32.4 Å². The molecule has 2 N–H and O–H groups in total. The molecule has 1 aliphatic heterocycles. The Balaban J connectivity index is 2.49. The van der Waals surface area contributed by atoms with Gasteiger partial charge < -0.3 is 10.4 Å². The van der Waals surface area contributed by atoms with E-state index in [4.69, 9.17) is 0 Å². The molecular formula is C10H22N2O3S. The van der Waals surface area contributed by atoms with Gasteiger partial charge in [0.05, 0.1) is 11.9 Å². The van der Waals surface area contributed by atoms with Crippen molar-refractivity contribution in [3.05, 3.63) is 0 Å². The number of aliphatic hydroxyl groups excluding tert-OH is 1. The van der Waals surface area contributed by atoms with E-state index in [1.165, 1.54) is 11.4 Å². The van der Waals surface area contributed by atoms with E-state index < -0.39 is 16.1 Å². The topological polar surface area (TPSA) is 69.6 Å². The molecule has 0 amide bonds. The fourth-order valence-electron chi connectivity index (χ4n) is 1.98. The van der Waals surface area contributed by atoms with Gasteiger partial charge in [-0.1, -0.05) is 0 Å². The molecule has 0 radical (unpaired) electrons. The van der Waals surface area contributed by atoms with E-state index in [2.05, 4.69) is 5.32 Å². The van der Waals surface area contributed by atoms with Gasteiger partial charge in [0.2, 0.25) is 10.0 Å². The van der Waals surface area contributed by atoms with E-state index in [1.807, 2.05) is 0 Å². The van der Waals surface area contributed by atoms with Gasteiger partial charge in [-0.15, -0.1) is 0 Å². The third-order valence-electron chi connectivity index (χ3n) is 2.84. The molecule has 96 valence electrons. The number of nitrogens with one attached hydrogen (secondary N) is 1. The Kier molecular flexibility index (Phi) is 5.17. The molecule has 0 bridgehead atoms. The Morgan fingerprint density at radius 1 is 1.56 bits per heavy atom. The summed E-state index contributed by atoms with van der Waals surface area (Å²) in [7, 11) is -1.70. The van der Waals surface area contributed by atoms with Crippen LogP contribution in [0.3, 0.4) is 0 Å². The number of piperidine rings is 1. The Morgan fingerprint density at radius 3 is 2.75 bits per heavy atom. The van der Waals surface area contributed by atoms with Crippen molar-refractivity contribution in [3.8, 4) is 0 Å². The van der Waals surface area contributed by atoms with Gasteiger partial charge in [-0.05, 0) is 38.8 Å². The molecule has 0 aliphatic carbocycles. The first-order valence-electron chi connectivity index (χ1n) is 5.74. The van der Waals surface area contributed by atoms with Crippen LogP contribution in [-0.2, 0) is 10.0 Å². The zero-order chi connectivity index (χ0) is 12.2. The van der Waals surface area contributed by atoms with E-state index in [1.54, 1.807) is 6.92 Å². The van der Waals surface area contributed by atoms with Crippen LogP contribution in [0, 0.1) is 5.92 Å². The summed E-state index contributed by atoms with van der Waals surface area (Å²) in [5.74, 6) is 0.388. The summed E-state index contributed by atoms with van der Waals surface area (Å²) in [4.78, 5) is 0. The number of hydrogen-bond acceptors (Lipinski definition) is 4. The van der Waals surface area contributed by atoms with Crippen LogP contribution in [-0.4, -0.2) is 56.4 Å². The highest BCUT2D eigenvalue weighted by atomic mass is 32.2. The molecule has 6 heteroatoms. The Morgan fingerprint density at radius 2 is 2.25 bits per heavy atom.